The first-order chi connectivity index (χ1) is 12.8. The van der Waals surface area contributed by atoms with Crippen molar-refractivity contribution in [2.45, 2.75) is 46.6 Å². The standard InChI is InChI=1S/C22H27N3OS/c1-14-7-9-19(15(2)12-14)17(4)23-22(27)24-18-8-10-20(16(3)13-18)25-11-5-6-21(25)26/h7-10,12-13,17H,5-6,11H2,1-4H3,(H2,23,24,27)/t17-/m0/s1. The SMILES string of the molecule is Cc1ccc([C@H](C)NC(=S)Nc2ccc(N3CCCC3=O)c(C)c2)c(C)c1. The van der Waals surface area contributed by atoms with Crippen molar-refractivity contribution < 1.29 is 4.79 Å². The Labute approximate surface area is 167 Å². The van der Waals surface area contributed by atoms with Crippen LogP contribution in [0.25, 0.3) is 0 Å². The normalized spacial score (nSPS) is 15.0. The first-order valence-corrected chi connectivity index (χ1v) is 9.81. The smallest absolute Gasteiger partial charge is 0.227 e. The van der Waals surface area contributed by atoms with Crippen molar-refractivity contribution in [2.75, 3.05) is 16.8 Å². The first-order valence-electron chi connectivity index (χ1n) is 9.41. The number of hydrogen-bond donors (Lipinski definition) is 2. The van der Waals surface area contributed by atoms with Gasteiger partial charge in [0.25, 0.3) is 0 Å². The highest BCUT2D eigenvalue weighted by Gasteiger charge is 2.23. The van der Waals surface area contributed by atoms with Crippen LogP contribution in [-0.2, 0) is 4.79 Å². The predicted molar refractivity (Wildman–Crippen MR) is 116 cm³/mol. The molecule has 2 N–H and O–H groups in total. The third-order valence-corrected chi connectivity index (χ3v) is 5.28. The third-order valence-electron chi connectivity index (χ3n) is 5.06. The molecule has 3 rings (SSSR count). The number of carbonyl (C=O) groups is 1. The van der Waals surface area contributed by atoms with Crippen LogP contribution < -0.4 is 15.5 Å². The van der Waals surface area contributed by atoms with Gasteiger partial charge in [0, 0.05) is 24.3 Å². The molecule has 0 aliphatic carbocycles. The summed E-state index contributed by atoms with van der Waals surface area (Å²) in [6.07, 6.45) is 1.58. The minimum atomic E-state index is 0.119. The van der Waals surface area contributed by atoms with Crippen LogP contribution in [0.4, 0.5) is 11.4 Å². The van der Waals surface area contributed by atoms with Gasteiger partial charge >= 0.3 is 0 Å². The third kappa shape index (κ3) is 4.48. The molecule has 1 saturated heterocycles. The van der Waals surface area contributed by atoms with Crippen molar-refractivity contribution in [3.63, 3.8) is 0 Å². The van der Waals surface area contributed by atoms with Crippen molar-refractivity contribution in [1.29, 1.82) is 0 Å². The number of nitrogens with zero attached hydrogens (tertiary/aromatic N) is 1. The lowest BCUT2D eigenvalue weighted by Gasteiger charge is -2.21. The van der Waals surface area contributed by atoms with E-state index in [2.05, 4.69) is 49.6 Å². The van der Waals surface area contributed by atoms with Gasteiger partial charge in [0.05, 0.1) is 6.04 Å². The lowest BCUT2D eigenvalue weighted by molar-refractivity contribution is -0.117. The van der Waals surface area contributed by atoms with Crippen LogP contribution in [0.15, 0.2) is 36.4 Å². The van der Waals surface area contributed by atoms with Crippen molar-refractivity contribution in [1.82, 2.24) is 5.32 Å². The summed E-state index contributed by atoms with van der Waals surface area (Å²) < 4.78 is 0. The summed E-state index contributed by atoms with van der Waals surface area (Å²) in [5.41, 5.74) is 6.74. The van der Waals surface area contributed by atoms with E-state index < -0.39 is 0 Å². The van der Waals surface area contributed by atoms with Gasteiger partial charge in [-0.1, -0.05) is 23.8 Å². The highest BCUT2D eigenvalue weighted by Crippen LogP contribution is 2.27. The number of nitrogens with one attached hydrogen (secondary N) is 2. The van der Waals surface area contributed by atoms with Crippen LogP contribution >= 0.6 is 12.2 Å². The lowest BCUT2D eigenvalue weighted by atomic mass is 10.0. The Morgan fingerprint density at radius 3 is 2.52 bits per heavy atom. The van der Waals surface area contributed by atoms with Crippen LogP contribution in [0.2, 0.25) is 0 Å². The van der Waals surface area contributed by atoms with Crippen molar-refractivity contribution in [3.8, 4) is 0 Å². The maximum Gasteiger partial charge on any atom is 0.227 e. The van der Waals surface area contributed by atoms with Gasteiger partial charge in [0.2, 0.25) is 5.91 Å². The Kier molecular flexibility index (Phi) is 5.80. The zero-order valence-corrected chi connectivity index (χ0v) is 17.2. The zero-order chi connectivity index (χ0) is 19.6. The minimum absolute atomic E-state index is 0.119. The van der Waals surface area contributed by atoms with E-state index in [0.29, 0.717) is 11.5 Å². The average molecular weight is 382 g/mol. The zero-order valence-electron chi connectivity index (χ0n) is 16.4. The van der Waals surface area contributed by atoms with E-state index in [1.807, 2.05) is 30.0 Å². The van der Waals surface area contributed by atoms with E-state index in [0.717, 1.165) is 29.9 Å². The summed E-state index contributed by atoms with van der Waals surface area (Å²) in [7, 11) is 0. The van der Waals surface area contributed by atoms with E-state index in [9.17, 15) is 4.79 Å². The molecule has 0 spiro atoms. The van der Waals surface area contributed by atoms with Gasteiger partial charge in [-0.2, -0.15) is 0 Å². The number of rotatable bonds is 4. The second kappa shape index (κ2) is 8.09. The molecule has 2 aromatic rings. The molecular formula is C22H27N3OS. The van der Waals surface area contributed by atoms with Crippen LogP contribution in [0.3, 0.4) is 0 Å². The van der Waals surface area contributed by atoms with Crippen molar-refractivity contribution in [2.24, 2.45) is 0 Å². The Balaban J connectivity index is 1.65. The average Bonchev–Trinajstić information content (AvgIpc) is 3.00. The molecule has 0 aromatic heterocycles. The molecular weight excluding hydrogens is 354 g/mol. The monoisotopic (exact) mass is 381 g/mol. The molecule has 142 valence electrons. The molecule has 1 aliphatic heterocycles. The van der Waals surface area contributed by atoms with E-state index in [-0.39, 0.29) is 11.9 Å². The van der Waals surface area contributed by atoms with Gasteiger partial charge in [-0.15, -0.1) is 0 Å². The molecule has 0 bridgehead atoms. The fourth-order valence-electron chi connectivity index (χ4n) is 3.69. The molecule has 1 amide bonds. The minimum Gasteiger partial charge on any atom is -0.356 e. The Morgan fingerprint density at radius 1 is 1.11 bits per heavy atom. The van der Waals surface area contributed by atoms with Crippen molar-refractivity contribution >= 4 is 34.6 Å². The quantitative estimate of drug-likeness (QED) is 0.748. The van der Waals surface area contributed by atoms with Gasteiger partial charge in [0.15, 0.2) is 5.11 Å². The Morgan fingerprint density at radius 2 is 1.89 bits per heavy atom. The highest BCUT2D eigenvalue weighted by atomic mass is 32.1. The molecule has 1 atom stereocenters. The highest BCUT2D eigenvalue weighted by molar-refractivity contribution is 7.80. The maximum absolute atomic E-state index is 12.0. The fraction of sp³-hybridized carbons (Fsp3) is 0.364. The van der Waals surface area contributed by atoms with Gasteiger partial charge in [-0.3, -0.25) is 4.79 Å². The summed E-state index contributed by atoms with van der Waals surface area (Å²) >= 11 is 5.50. The number of aryl methyl sites for hydroxylation is 3. The van der Waals surface area contributed by atoms with Gasteiger partial charge in [-0.25, -0.2) is 0 Å². The number of amides is 1. The van der Waals surface area contributed by atoms with Gasteiger partial charge < -0.3 is 15.5 Å². The number of thiocarbonyl (C=S) groups is 1. The van der Waals surface area contributed by atoms with E-state index >= 15 is 0 Å². The summed E-state index contributed by atoms with van der Waals surface area (Å²) in [5, 5.41) is 7.21. The number of benzene rings is 2. The summed E-state index contributed by atoms with van der Waals surface area (Å²) in [6, 6.07) is 12.6. The Bertz CT molecular complexity index is 878. The fourth-order valence-corrected chi connectivity index (χ4v) is 3.99. The molecule has 2 aromatic carbocycles. The lowest BCUT2D eigenvalue weighted by Crippen LogP contribution is -2.31. The van der Waals surface area contributed by atoms with Crippen LogP contribution in [0.5, 0.6) is 0 Å². The van der Waals surface area contributed by atoms with Gasteiger partial charge in [-0.05, 0) is 81.2 Å². The van der Waals surface area contributed by atoms with Crippen LogP contribution in [0.1, 0.15) is 48.1 Å². The molecule has 4 nitrogen and oxygen atoms in total. The molecule has 0 saturated carbocycles. The molecule has 1 aliphatic rings. The topological polar surface area (TPSA) is 44.4 Å². The van der Waals surface area contributed by atoms with Crippen LogP contribution in [-0.4, -0.2) is 17.6 Å². The summed E-state index contributed by atoms with van der Waals surface area (Å²) in [5.74, 6) is 0.207. The summed E-state index contributed by atoms with van der Waals surface area (Å²) in [6.45, 7) is 9.17. The van der Waals surface area contributed by atoms with E-state index in [4.69, 9.17) is 12.2 Å². The molecule has 0 radical (unpaired) electrons. The molecule has 0 unspecified atom stereocenters. The van der Waals surface area contributed by atoms with Gasteiger partial charge in [0.1, 0.15) is 0 Å². The molecule has 1 heterocycles. The van der Waals surface area contributed by atoms with Crippen molar-refractivity contribution in [3.05, 3.63) is 58.7 Å². The maximum atomic E-state index is 12.0. The number of hydrogen-bond acceptors (Lipinski definition) is 2. The van der Waals surface area contributed by atoms with Crippen LogP contribution in [0, 0.1) is 20.8 Å². The molecule has 1 fully saturated rings. The molecule has 5 heteroatoms. The Hall–Kier alpha value is -2.40. The number of carbonyl (C=O) groups excluding carboxylic acids is 1. The van der Waals surface area contributed by atoms with E-state index in [1.54, 1.807) is 0 Å². The second-order valence-corrected chi connectivity index (χ2v) is 7.74. The molecule has 27 heavy (non-hydrogen) atoms. The van der Waals surface area contributed by atoms with E-state index in [1.165, 1.54) is 16.7 Å². The predicted octanol–water partition coefficient (Wildman–Crippen LogP) is 4.79. The first kappa shape index (κ1) is 19.4. The largest absolute Gasteiger partial charge is 0.356 e. The number of anilines is 2. The second-order valence-electron chi connectivity index (χ2n) is 7.33. The summed E-state index contributed by atoms with van der Waals surface area (Å²) in [4.78, 5) is 13.8.